The van der Waals surface area contributed by atoms with Gasteiger partial charge in [0.2, 0.25) is 5.91 Å². The van der Waals surface area contributed by atoms with Crippen LogP contribution in [0.15, 0.2) is 53.6 Å². The number of nitrogens with zero attached hydrogens (tertiary/aromatic N) is 4. The van der Waals surface area contributed by atoms with Gasteiger partial charge in [-0.25, -0.2) is 0 Å². The molecule has 1 N–H and O–H groups in total. The van der Waals surface area contributed by atoms with Gasteiger partial charge in [0.05, 0.1) is 12.2 Å². The first kappa shape index (κ1) is 19.3. The van der Waals surface area contributed by atoms with E-state index < -0.39 is 11.5 Å². The number of anilines is 1. The number of para-hydroxylation sites is 1. The van der Waals surface area contributed by atoms with E-state index in [2.05, 4.69) is 10.4 Å². The molecule has 1 spiro atoms. The van der Waals surface area contributed by atoms with E-state index in [0.29, 0.717) is 24.4 Å². The summed E-state index contributed by atoms with van der Waals surface area (Å²) in [6.07, 6.45) is 4.05. The van der Waals surface area contributed by atoms with Crippen LogP contribution in [0.4, 0.5) is 5.69 Å². The lowest BCUT2D eigenvalue weighted by Gasteiger charge is -2.33. The number of aryl methyl sites for hydroxylation is 2. The van der Waals surface area contributed by atoms with Crippen LogP contribution in [0.1, 0.15) is 39.8 Å². The Morgan fingerprint density at radius 3 is 2.71 bits per heavy atom. The number of rotatable bonds is 2. The maximum atomic E-state index is 13.7. The third kappa shape index (κ3) is 2.67. The molecule has 1 fully saturated rings. The first-order valence-electron chi connectivity index (χ1n) is 10.2. The van der Waals surface area contributed by atoms with Gasteiger partial charge in [0.25, 0.3) is 5.91 Å². The third-order valence-electron chi connectivity index (χ3n) is 6.63. The van der Waals surface area contributed by atoms with Gasteiger partial charge in [0.15, 0.2) is 5.43 Å². The minimum absolute atomic E-state index is 0.115. The zero-order valence-electron chi connectivity index (χ0n) is 17.6. The summed E-state index contributed by atoms with van der Waals surface area (Å²) in [5.74, 6) is -0.387. The molecule has 1 saturated heterocycles. The molecule has 31 heavy (non-hydrogen) atoms. The van der Waals surface area contributed by atoms with E-state index in [1.54, 1.807) is 34.3 Å². The average molecular weight is 417 g/mol. The van der Waals surface area contributed by atoms with E-state index in [4.69, 9.17) is 0 Å². The Kier molecular flexibility index (Phi) is 4.15. The molecule has 4 heterocycles. The molecule has 0 bridgehead atoms. The molecular formula is C23H23N5O3. The Hall–Kier alpha value is -3.68. The predicted molar refractivity (Wildman–Crippen MR) is 115 cm³/mol. The van der Waals surface area contributed by atoms with E-state index in [-0.39, 0.29) is 17.2 Å². The van der Waals surface area contributed by atoms with Crippen molar-refractivity contribution in [3.63, 3.8) is 0 Å². The molecule has 0 unspecified atom stereocenters. The van der Waals surface area contributed by atoms with Gasteiger partial charge in [-0.15, -0.1) is 0 Å². The first-order chi connectivity index (χ1) is 14.8. The lowest BCUT2D eigenvalue weighted by Crippen LogP contribution is -2.43. The van der Waals surface area contributed by atoms with Crippen LogP contribution >= 0.6 is 0 Å². The first-order valence-corrected chi connectivity index (χ1v) is 10.2. The molecule has 0 saturated carbocycles. The number of carbonyl (C=O) groups is 2. The summed E-state index contributed by atoms with van der Waals surface area (Å²) in [6.45, 7) is 2.19. The van der Waals surface area contributed by atoms with Crippen LogP contribution in [0.3, 0.4) is 0 Å². The SMILES string of the molecule is Cc1cc(=O)cc(C(=O)N2CC[C@]3(C(=O)Nc4ccccc43)[C@@H]2c2cnn(C)c2)n1C. The summed E-state index contributed by atoms with van der Waals surface area (Å²) in [5, 5.41) is 7.31. The molecule has 5 rings (SSSR count). The van der Waals surface area contributed by atoms with Gasteiger partial charge in [-0.05, 0) is 25.0 Å². The number of carbonyl (C=O) groups excluding carboxylic acids is 2. The minimum atomic E-state index is -0.905. The molecule has 2 aliphatic heterocycles. The summed E-state index contributed by atoms with van der Waals surface area (Å²) in [5.41, 5.74) is 2.35. The minimum Gasteiger partial charge on any atom is -0.344 e. The Labute approximate surface area is 179 Å². The number of likely N-dealkylation sites (tertiary alicyclic amines) is 1. The van der Waals surface area contributed by atoms with Crippen molar-refractivity contribution in [2.45, 2.75) is 24.8 Å². The quantitative estimate of drug-likeness (QED) is 0.690. The second-order valence-corrected chi connectivity index (χ2v) is 8.35. The van der Waals surface area contributed by atoms with Crippen LogP contribution in [0.25, 0.3) is 0 Å². The number of benzene rings is 1. The van der Waals surface area contributed by atoms with Crippen LogP contribution < -0.4 is 10.7 Å². The Balaban J connectivity index is 1.69. The second-order valence-electron chi connectivity index (χ2n) is 8.35. The summed E-state index contributed by atoms with van der Waals surface area (Å²) in [4.78, 5) is 41.0. The number of hydrogen-bond acceptors (Lipinski definition) is 4. The molecule has 1 aromatic carbocycles. The fraction of sp³-hybridized carbons (Fsp3) is 0.304. The topological polar surface area (TPSA) is 89.2 Å². The number of fused-ring (bicyclic) bond motifs is 2. The van der Waals surface area contributed by atoms with Gasteiger partial charge in [0, 0.05) is 55.9 Å². The standard InChI is InChI=1S/C23H23N5O3/c1-14-10-16(29)11-19(27(14)3)21(30)28-9-8-23(20(28)15-12-24-26(2)13-15)17-6-4-5-7-18(17)25-22(23)31/h4-7,10-13,20H,8-9H2,1-3H3,(H,25,31)/t20-,23+/m0/s1. The van der Waals surface area contributed by atoms with Crippen LogP contribution in [-0.2, 0) is 24.3 Å². The molecule has 2 amide bonds. The molecule has 8 nitrogen and oxygen atoms in total. The lowest BCUT2D eigenvalue weighted by molar-refractivity contribution is -0.121. The third-order valence-corrected chi connectivity index (χ3v) is 6.63. The molecule has 158 valence electrons. The summed E-state index contributed by atoms with van der Waals surface area (Å²) in [6, 6.07) is 9.97. The van der Waals surface area contributed by atoms with Crippen molar-refractivity contribution in [3.8, 4) is 0 Å². The lowest BCUT2D eigenvalue weighted by atomic mass is 9.73. The monoisotopic (exact) mass is 417 g/mol. The zero-order valence-corrected chi connectivity index (χ0v) is 17.6. The van der Waals surface area contributed by atoms with Gasteiger partial charge in [-0.3, -0.25) is 19.1 Å². The maximum Gasteiger partial charge on any atom is 0.271 e. The van der Waals surface area contributed by atoms with Crippen LogP contribution in [0, 0.1) is 6.92 Å². The number of pyridine rings is 1. The van der Waals surface area contributed by atoms with Crippen LogP contribution in [0.2, 0.25) is 0 Å². The highest BCUT2D eigenvalue weighted by Crippen LogP contribution is 2.54. The largest absolute Gasteiger partial charge is 0.344 e. The highest BCUT2D eigenvalue weighted by molar-refractivity contribution is 6.08. The molecule has 0 radical (unpaired) electrons. The molecule has 3 aromatic rings. The zero-order chi connectivity index (χ0) is 21.9. The number of amides is 2. The van der Waals surface area contributed by atoms with Gasteiger partial charge in [-0.2, -0.15) is 5.10 Å². The Morgan fingerprint density at radius 2 is 1.97 bits per heavy atom. The molecule has 8 heteroatoms. The molecular weight excluding hydrogens is 394 g/mol. The van der Waals surface area contributed by atoms with Crippen molar-refractivity contribution < 1.29 is 9.59 Å². The van der Waals surface area contributed by atoms with E-state index in [1.807, 2.05) is 37.5 Å². The summed E-state index contributed by atoms with van der Waals surface area (Å²) >= 11 is 0. The van der Waals surface area contributed by atoms with Gasteiger partial charge in [-0.1, -0.05) is 18.2 Å². The second kappa shape index (κ2) is 6.66. The van der Waals surface area contributed by atoms with Crippen LogP contribution in [0.5, 0.6) is 0 Å². The summed E-state index contributed by atoms with van der Waals surface area (Å²) < 4.78 is 3.39. The van der Waals surface area contributed by atoms with E-state index in [0.717, 1.165) is 16.8 Å². The van der Waals surface area contributed by atoms with Gasteiger partial charge < -0.3 is 14.8 Å². The van der Waals surface area contributed by atoms with Crippen molar-refractivity contribution in [1.82, 2.24) is 19.2 Å². The molecule has 2 atom stereocenters. The van der Waals surface area contributed by atoms with E-state index >= 15 is 0 Å². The van der Waals surface area contributed by atoms with Crippen molar-refractivity contribution in [2.24, 2.45) is 14.1 Å². The normalized spacial score (nSPS) is 22.1. The van der Waals surface area contributed by atoms with Crippen LogP contribution in [-0.4, -0.2) is 37.6 Å². The molecule has 2 aromatic heterocycles. The van der Waals surface area contributed by atoms with E-state index in [9.17, 15) is 14.4 Å². The van der Waals surface area contributed by atoms with Crippen molar-refractivity contribution in [2.75, 3.05) is 11.9 Å². The fourth-order valence-corrected chi connectivity index (χ4v) is 5.07. The van der Waals surface area contributed by atoms with Crippen molar-refractivity contribution in [3.05, 3.63) is 81.5 Å². The van der Waals surface area contributed by atoms with Gasteiger partial charge in [0.1, 0.15) is 11.1 Å². The highest BCUT2D eigenvalue weighted by Gasteiger charge is 2.59. The van der Waals surface area contributed by atoms with Gasteiger partial charge >= 0.3 is 0 Å². The number of aromatic nitrogens is 3. The van der Waals surface area contributed by atoms with Crippen molar-refractivity contribution >= 4 is 17.5 Å². The Bertz CT molecular complexity index is 1290. The maximum absolute atomic E-state index is 13.7. The Morgan fingerprint density at radius 1 is 1.19 bits per heavy atom. The van der Waals surface area contributed by atoms with E-state index in [1.165, 1.54) is 12.1 Å². The smallest absolute Gasteiger partial charge is 0.271 e. The predicted octanol–water partition coefficient (Wildman–Crippen LogP) is 1.90. The average Bonchev–Trinajstić information content (AvgIpc) is 3.41. The highest BCUT2D eigenvalue weighted by atomic mass is 16.2. The number of nitrogens with one attached hydrogen (secondary N) is 1. The molecule has 0 aliphatic carbocycles. The number of hydrogen-bond donors (Lipinski definition) is 1. The van der Waals surface area contributed by atoms with Crippen molar-refractivity contribution in [1.29, 1.82) is 0 Å². The molecule has 2 aliphatic rings. The summed E-state index contributed by atoms with van der Waals surface area (Å²) in [7, 11) is 3.58. The fourth-order valence-electron chi connectivity index (χ4n) is 5.07.